The Hall–Kier alpha value is -1.44. The molecule has 2 aliphatic rings. The molecule has 0 aliphatic carbocycles. The zero-order valence-electron chi connectivity index (χ0n) is 11.7. The summed E-state index contributed by atoms with van der Waals surface area (Å²) >= 11 is 0. The lowest BCUT2D eigenvalue weighted by molar-refractivity contribution is -0.0931. The number of hydrogen-bond acceptors (Lipinski definition) is 3. The molecule has 20 heavy (non-hydrogen) atoms. The van der Waals surface area contributed by atoms with E-state index in [1.807, 2.05) is 13.8 Å². The van der Waals surface area contributed by atoms with E-state index in [0.717, 1.165) is 12.8 Å². The minimum Gasteiger partial charge on any atom is -0.370 e. The van der Waals surface area contributed by atoms with E-state index >= 15 is 0 Å². The molecule has 2 heterocycles. The molecule has 2 bridgehead atoms. The maximum absolute atomic E-state index is 13.6. The molecule has 0 radical (unpaired) electrons. The van der Waals surface area contributed by atoms with Crippen molar-refractivity contribution < 1.29 is 13.9 Å². The Balaban J connectivity index is 1.73. The molecule has 2 fully saturated rings. The molecule has 3 rings (SSSR count). The molecular weight excluding hydrogens is 257 g/mol. The first-order valence-electron chi connectivity index (χ1n) is 6.92. The average molecular weight is 275 g/mol. The highest BCUT2D eigenvalue weighted by molar-refractivity contribution is 5.19. The lowest BCUT2D eigenvalue weighted by Crippen LogP contribution is -2.43. The van der Waals surface area contributed by atoms with Gasteiger partial charge in [0.05, 0.1) is 30.3 Å². The quantitative estimate of drug-likeness (QED) is 0.850. The summed E-state index contributed by atoms with van der Waals surface area (Å²) in [5, 5.41) is 9.27. The van der Waals surface area contributed by atoms with Gasteiger partial charge in [0.25, 0.3) is 0 Å². The number of halogens is 1. The van der Waals surface area contributed by atoms with Gasteiger partial charge in [-0.1, -0.05) is 18.2 Å². The number of hydrogen-bond donors (Lipinski definition) is 0. The first kappa shape index (κ1) is 13.5. The van der Waals surface area contributed by atoms with Gasteiger partial charge in [0.1, 0.15) is 11.4 Å². The summed E-state index contributed by atoms with van der Waals surface area (Å²) in [7, 11) is 0. The highest BCUT2D eigenvalue weighted by atomic mass is 19.1. The van der Waals surface area contributed by atoms with Crippen molar-refractivity contribution in [3.05, 3.63) is 35.6 Å². The SMILES string of the molecule is CC12CC(C#N)C(C)(O1)C(OCc1ccccc1F)C2. The van der Waals surface area contributed by atoms with E-state index < -0.39 is 5.60 Å². The lowest BCUT2D eigenvalue weighted by Gasteiger charge is -2.32. The molecule has 4 atom stereocenters. The number of nitrogens with zero attached hydrogens (tertiary/aromatic N) is 1. The fourth-order valence-corrected chi connectivity index (χ4v) is 3.49. The molecule has 2 aliphatic heterocycles. The Kier molecular flexibility index (Phi) is 3.07. The fourth-order valence-electron chi connectivity index (χ4n) is 3.49. The largest absolute Gasteiger partial charge is 0.370 e. The van der Waals surface area contributed by atoms with Crippen LogP contribution in [-0.2, 0) is 16.1 Å². The van der Waals surface area contributed by atoms with Crippen molar-refractivity contribution >= 4 is 0 Å². The highest BCUT2D eigenvalue weighted by Crippen LogP contribution is 2.54. The Labute approximate surface area is 118 Å². The van der Waals surface area contributed by atoms with Crippen LogP contribution in [0.3, 0.4) is 0 Å². The van der Waals surface area contributed by atoms with Crippen LogP contribution in [0.25, 0.3) is 0 Å². The van der Waals surface area contributed by atoms with Crippen LogP contribution in [0.15, 0.2) is 24.3 Å². The van der Waals surface area contributed by atoms with Crippen LogP contribution in [-0.4, -0.2) is 17.3 Å². The van der Waals surface area contributed by atoms with Gasteiger partial charge in [-0.15, -0.1) is 0 Å². The molecular formula is C16H18FNO2. The van der Waals surface area contributed by atoms with Crippen LogP contribution in [0.1, 0.15) is 32.3 Å². The smallest absolute Gasteiger partial charge is 0.128 e. The zero-order chi connectivity index (χ0) is 14.4. The van der Waals surface area contributed by atoms with Gasteiger partial charge < -0.3 is 9.47 Å². The summed E-state index contributed by atoms with van der Waals surface area (Å²) in [4.78, 5) is 0. The summed E-state index contributed by atoms with van der Waals surface area (Å²) in [5.41, 5.74) is -0.318. The van der Waals surface area contributed by atoms with Gasteiger partial charge in [-0.3, -0.25) is 0 Å². The van der Waals surface area contributed by atoms with E-state index in [4.69, 9.17) is 9.47 Å². The van der Waals surface area contributed by atoms with Crippen molar-refractivity contribution in [2.24, 2.45) is 5.92 Å². The van der Waals surface area contributed by atoms with Crippen molar-refractivity contribution in [1.82, 2.24) is 0 Å². The summed E-state index contributed by atoms with van der Waals surface area (Å²) in [5.74, 6) is -0.420. The number of rotatable bonds is 3. The van der Waals surface area contributed by atoms with Crippen LogP contribution in [0.2, 0.25) is 0 Å². The monoisotopic (exact) mass is 275 g/mol. The number of ether oxygens (including phenoxy) is 2. The second kappa shape index (κ2) is 4.54. The van der Waals surface area contributed by atoms with Gasteiger partial charge in [-0.25, -0.2) is 4.39 Å². The number of fused-ring (bicyclic) bond motifs is 2. The van der Waals surface area contributed by atoms with Gasteiger partial charge in [-0.05, 0) is 26.3 Å². The minimum absolute atomic E-state index is 0.160. The molecule has 106 valence electrons. The predicted octanol–water partition coefficient (Wildman–Crippen LogP) is 3.19. The van der Waals surface area contributed by atoms with Gasteiger partial charge in [-0.2, -0.15) is 5.26 Å². The van der Waals surface area contributed by atoms with Crippen LogP contribution in [0, 0.1) is 23.1 Å². The van der Waals surface area contributed by atoms with Gasteiger partial charge in [0.2, 0.25) is 0 Å². The average Bonchev–Trinajstić information content (AvgIpc) is 2.82. The summed E-state index contributed by atoms with van der Waals surface area (Å²) < 4.78 is 25.5. The third-order valence-electron chi connectivity index (χ3n) is 4.60. The normalized spacial score (nSPS) is 38.9. The maximum Gasteiger partial charge on any atom is 0.128 e. The Morgan fingerprint density at radius 3 is 2.80 bits per heavy atom. The minimum atomic E-state index is -0.575. The molecule has 1 aromatic carbocycles. The molecule has 4 unspecified atom stereocenters. The van der Waals surface area contributed by atoms with E-state index in [1.54, 1.807) is 18.2 Å². The Bertz CT molecular complexity index is 570. The molecule has 2 saturated heterocycles. The zero-order valence-corrected chi connectivity index (χ0v) is 11.7. The Morgan fingerprint density at radius 2 is 2.15 bits per heavy atom. The van der Waals surface area contributed by atoms with Crippen molar-refractivity contribution in [2.75, 3.05) is 0 Å². The topological polar surface area (TPSA) is 42.2 Å². The third kappa shape index (κ3) is 2.02. The molecule has 0 amide bonds. The predicted molar refractivity (Wildman–Crippen MR) is 71.2 cm³/mol. The molecule has 3 nitrogen and oxygen atoms in total. The molecule has 0 spiro atoms. The van der Waals surface area contributed by atoms with E-state index in [2.05, 4.69) is 6.07 Å². The van der Waals surface area contributed by atoms with Gasteiger partial charge in [0.15, 0.2) is 0 Å². The standard InChI is InChI=1S/C16H18FNO2/c1-15-7-12(9-18)16(2,20-15)14(8-15)19-10-11-5-3-4-6-13(11)17/h3-6,12,14H,7-8,10H2,1-2H3. The van der Waals surface area contributed by atoms with Gasteiger partial charge >= 0.3 is 0 Å². The first-order valence-corrected chi connectivity index (χ1v) is 6.92. The number of benzene rings is 1. The van der Waals surface area contributed by atoms with E-state index in [9.17, 15) is 9.65 Å². The summed E-state index contributed by atoms with van der Waals surface area (Å²) in [6, 6.07) is 8.92. The highest BCUT2D eigenvalue weighted by Gasteiger charge is 2.63. The van der Waals surface area contributed by atoms with Crippen molar-refractivity contribution in [3.63, 3.8) is 0 Å². The van der Waals surface area contributed by atoms with E-state index in [0.29, 0.717) is 5.56 Å². The van der Waals surface area contributed by atoms with Crippen LogP contribution < -0.4 is 0 Å². The maximum atomic E-state index is 13.6. The lowest BCUT2D eigenvalue weighted by atomic mass is 9.74. The molecule has 1 aromatic rings. The van der Waals surface area contributed by atoms with Crippen LogP contribution in [0.4, 0.5) is 4.39 Å². The third-order valence-corrected chi connectivity index (χ3v) is 4.60. The number of nitriles is 1. The summed E-state index contributed by atoms with van der Waals surface area (Å²) in [6.07, 6.45) is 1.35. The molecule has 4 heteroatoms. The van der Waals surface area contributed by atoms with Crippen LogP contribution >= 0.6 is 0 Å². The van der Waals surface area contributed by atoms with Crippen LogP contribution in [0.5, 0.6) is 0 Å². The molecule has 0 saturated carbocycles. The van der Waals surface area contributed by atoms with Gasteiger partial charge in [0, 0.05) is 12.0 Å². The Morgan fingerprint density at radius 1 is 1.40 bits per heavy atom. The first-order chi connectivity index (χ1) is 9.47. The second-order valence-corrected chi connectivity index (χ2v) is 6.22. The van der Waals surface area contributed by atoms with Crippen molar-refractivity contribution in [1.29, 1.82) is 5.26 Å². The molecule has 0 N–H and O–H groups in total. The second-order valence-electron chi connectivity index (χ2n) is 6.22. The molecule has 0 aromatic heterocycles. The summed E-state index contributed by atoms with van der Waals surface area (Å²) in [6.45, 7) is 4.17. The van der Waals surface area contributed by atoms with E-state index in [1.165, 1.54) is 6.07 Å². The van der Waals surface area contributed by atoms with Crippen molar-refractivity contribution in [2.45, 2.75) is 50.6 Å². The van der Waals surface area contributed by atoms with E-state index in [-0.39, 0.29) is 30.0 Å². The fraction of sp³-hybridized carbons (Fsp3) is 0.562. The van der Waals surface area contributed by atoms with Crippen molar-refractivity contribution in [3.8, 4) is 6.07 Å².